The topological polar surface area (TPSA) is 86.1 Å². The maximum absolute atomic E-state index is 12.0. The van der Waals surface area contributed by atoms with Crippen LogP contribution in [-0.2, 0) is 11.8 Å². The SMILES string of the molecule is COC(=O)c1ccc2nc(NC(=O)c3ccn(C)n3)sc2c1. The van der Waals surface area contributed by atoms with Crippen LogP contribution in [0.1, 0.15) is 20.8 Å². The fourth-order valence-electron chi connectivity index (χ4n) is 1.92. The van der Waals surface area contributed by atoms with Gasteiger partial charge >= 0.3 is 5.97 Å². The number of fused-ring (bicyclic) bond motifs is 1. The van der Waals surface area contributed by atoms with E-state index in [9.17, 15) is 9.59 Å². The van der Waals surface area contributed by atoms with Crippen molar-refractivity contribution in [1.82, 2.24) is 14.8 Å². The van der Waals surface area contributed by atoms with Crippen LogP contribution < -0.4 is 5.32 Å². The Hall–Kier alpha value is -2.74. The van der Waals surface area contributed by atoms with Crippen molar-refractivity contribution in [3.8, 4) is 0 Å². The first kappa shape index (κ1) is 14.2. The van der Waals surface area contributed by atoms with Gasteiger partial charge in [-0.2, -0.15) is 5.10 Å². The molecule has 0 radical (unpaired) electrons. The van der Waals surface area contributed by atoms with Crippen molar-refractivity contribution >= 4 is 38.6 Å². The summed E-state index contributed by atoms with van der Waals surface area (Å²) in [6.45, 7) is 0. The van der Waals surface area contributed by atoms with Crippen LogP contribution in [0.25, 0.3) is 10.2 Å². The number of aryl methyl sites for hydroxylation is 1. The van der Waals surface area contributed by atoms with Gasteiger partial charge in [-0.3, -0.25) is 14.8 Å². The number of nitrogens with zero attached hydrogens (tertiary/aromatic N) is 3. The van der Waals surface area contributed by atoms with E-state index >= 15 is 0 Å². The van der Waals surface area contributed by atoms with Crippen molar-refractivity contribution in [2.75, 3.05) is 12.4 Å². The summed E-state index contributed by atoms with van der Waals surface area (Å²) in [6.07, 6.45) is 1.69. The zero-order valence-electron chi connectivity index (χ0n) is 11.9. The molecule has 0 unspecified atom stereocenters. The number of ether oxygens (including phenoxy) is 1. The summed E-state index contributed by atoms with van der Waals surface area (Å²) in [5.74, 6) is -0.734. The van der Waals surface area contributed by atoms with E-state index < -0.39 is 5.97 Å². The van der Waals surface area contributed by atoms with Gasteiger partial charge in [-0.15, -0.1) is 0 Å². The third-order valence-electron chi connectivity index (χ3n) is 2.98. The van der Waals surface area contributed by atoms with E-state index in [0.717, 1.165) is 4.70 Å². The number of carbonyl (C=O) groups is 2. The van der Waals surface area contributed by atoms with Gasteiger partial charge in [-0.1, -0.05) is 11.3 Å². The highest BCUT2D eigenvalue weighted by molar-refractivity contribution is 7.22. The molecule has 112 valence electrons. The van der Waals surface area contributed by atoms with Gasteiger partial charge in [0.2, 0.25) is 0 Å². The third kappa shape index (κ3) is 2.68. The van der Waals surface area contributed by atoms with Crippen molar-refractivity contribution in [3.05, 3.63) is 41.7 Å². The molecule has 22 heavy (non-hydrogen) atoms. The molecule has 1 N–H and O–H groups in total. The van der Waals surface area contributed by atoms with Gasteiger partial charge in [-0.25, -0.2) is 9.78 Å². The molecule has 0 aliphatic carbocycles. The predicted molar refractivity (Wildman–Crippen MR) is 82.1 cm³/mol. The number of esters is 1. The Kier molecular flexibility index (Phi) is 3.60. The van der Waals surface area contributed by atoms with Gasteiger partial charge in [0.15, 0.2) is 10.8 Å². The summed E-state index contributed by atoms with van der Waals surface area (Å²) in [4.78, 5) is 27.9. The molecule has 0 saturated carbocycles. The minimum absolute atomic E-state index is 0.317. The van der Waals surface area contributed by atoms with Gasteiger partial charge in [0, 0.05) is 13.2 Å². The Labute approximate surface area is 129 Å². The number of rotatable bonds is 3. The Morgan fingerprint density at radius 2 is 2.14 bits per heavy atom. The number of thiazole rings is 1. The number of carbonyl (C=O) groups excluding carboxylic acids is 2. The first-order valence-electron chi connectivity index (χ1n) is 6.37. The quantitative estimate of drug-likeness (QED) is 0.748. The van der Waals surface area contributed by atoms with Crippen LogP contribution in [0.2, 0.25) is 0 Å². The number of benzene rings is 1. The molecule has 1 aromatic carbocycles. The molecule has 0 fully saturated rings. The maximum atomic E-state index is 12.0. The maximum Gasteiger partial charge on any atom is 0.337 e. The zero-order chi connectivity index (χ0) is 15.7. The lowest BCUT2D eigenvalue weighted by Gasteiger charge is -1.97. The van der Waals surface area contributed by atoms with Gasteiger partial charge in [0.25, 0.3) is 5.91 Å². The van der Waals surface area contributed by atoms with Gasteiger partial charge in [0.05, 0.1) is 22.9 Å². The van der Waals surface area contributed by atoms with Crippen LogP contribution in [0.15, 0.2) is 30.5 Å². The molecule has 2 aromatic heterocycles. The molecular weight excluding hydrogens is 304 g/mol. The van der Waals surface area contributed by atoms with Gasteiger partial charge in [0.1, 0.15) is 0 Å². The zero-order valence-corrected chi connectivity index (χ0v) is 12.7. The average Bonchev–Trinajstić information content (AvgIpc) is 3.11. The number of hydrogen-bond donors (Lipinski definition) is 1. The minimum Gasteiger partial charge on any atom is -0.465 e. The Morgan fingerprint density at radius 3 is 2.82 bits per heavy atom. The normalized spacial score (nSPS) is 10.6. The van der Waals surface area contributed by atoms with Crippen LogP contribution in [0.4, 0.5) is 5.13 Å². The van der Waals surface area contributed by atoms with Gasteiger partial charge < -0.3 is 4.74 Å². The summed E-state index contributed by atoms with van der Waals surface area (Å²) in [7, 11) is 3.07. The van der Waals surface area contributed by atoms with Crippen molar-refractivity contribution in [2.45, 2.75) is 0 Å². The van der Waals surface area contributed by atoms with E-state index in [1.54, 1.807) is 42.2 Å². The van der Waals surface area contributed by atoms with Crippen molar-refractivity contribution in [2.24, 2.45) is 7.05 Å². The van der Waals surface area contributed by atoms with Crippen LogP contribution in [-0.4, -0.2) is 33.8 Å². The van der Waals surface area contributed by atoms with E-state index in [2.05, 4.69) is 20.1 Å². The Balaban J connectivity index is 1.85. The number of anilines is 1. The molecular formula is C14H12N4O3S. The second kappa shape index (κ2) is 5.57. The molecule has 0 aliphatic heterocycles. The number of nitrogens with one attached hydrogen (secondary N) is 1. The molecule has 7 nitrogen and oxygen atoms in total. The fourth-order valence-corrected chi connectivity index (χ4v) is 2.82. The molecule has 0 saturated heterocycles. The van der Waals surface area contributed by atoms with Gasteiger partial charge in [-0.05, 0) is 24.3 Å². The van der Waals surface area contributed by atoms with E-state index in [1.165, 1.54) is 18.4 Å². The summed E-state index contributed by atoms with van der Waals surface area (Å²) in [5.41, 5.74) is 1.47. The van der Waals surface area contributed by atoms with Crippen molar-refractivity contribution in [1.29, 1.82) is 0 Å². The number of hydrogen-bond acceptors (Lipinski definition) is 6. The van der Waals surface area contributed by atoms with Crippen LogP contribution in [0.3, 0.4) is 0 Å². The monoisotopic (exact) mass is 316 g/mol. The lowest BCUT2D eigenvalue weighted by Crippen LogP contribution is -2.12. The predicted octanol–water partition coefficient (Wildman–Crippen LogP) is 2.07. The summed E-state index contributed by atoms with van der Waals surface area (Å²) >= 11 is 1.28. The molecule has 3 rings (SSSR count). The number of amides is 1. The van der Waals surface area contributed by atoms with Crippen LogP contribution in [0.5, 0.6) is 0 Å². The summed E-state index contributed by atoms with van der Waals surface area (Å²) in [5, 5.41) is 7.18. The summed E-state index contributed by atoms with van der Waals surface area (Å²) < 4.78 is 7.02. The number of methoxy groups -OCH3 is 1. The highest BCUT2D eigenvalue weighted by Crippen LogP contribution is 2.27. The first-order valence-corrected chi connectivity index (χ1v) is 7.18. The number of aromatic nitrogens is 3. The van der Waals surface area contributed by atoms with E-state index in [-0.39, 0.29) is 5.91 Å². The molecule has 0 aliphatic rings. The molecule has 3 aromatic rings. The third-order valence-corrected chi connectivity index (χ3v) is 3.91. The second-order valence-corrected chi connectivity index (χ2v) is 5.55. The van der Waals surface area contributed by atoms with Crippen molar-refractivity contribution in [3.63, 3.8) is 0 Å². The van der Waals surface area contributed by atoms with Crippen molar-refractivity contribution < 1.29 is 14.3 Å². The van der Waals surface area contributed by atoms with Crippen LogP contribution in [0, 0.1) is 0 Å². The Morgan fingerprint density at radius 1 is 1.32 bits per heavy atom. The lowest BCUT2D eigenvalue weighted by atomic mass is 10.2. The molecule has 1 amide bonds. The fraction of sp³-hybridized carbons (Fsp3) is 0.143. The Bertz CT molecular complexity index is 868. The average molecular weight is 316 g/mol. The molecule has 2 heterocycles. The minimum atomic E-state index is -0.408. The van der Waals surface area contributed by atoms with E-state index in [1.807, 2.05) is 0 Å². The van der Waals surface area contributed by atoms with E-state index in [4.69, 9.17) is 0 Å². The standard InChI is InChI=1S/C14H12N4O3S/c1-18-6-5-10(17-18)12(19)16-14-15-9-4-3-8(13(20)21-2)7-11(9)22-14/h3-7H,1-2H3,(H,15,16,19). The second-order valence-electron chi connectivity index (χ2n) is 4.52. The smallest absolute Gasteiger partial charge is 0.337 e. The first-order chi connectivity index (χ1) is 10.6. The lowest BCUT2D eigenvalue weighted by molar-refractivity contribution is 0.0601. The molecule has 0 atom stereocenters. The molecule has 0 spiro atoms. The summed E-state index contributed by atoms with van der Waals surface area (Å²) in [6, 6.07) is 6.67. The molecule has 8 heteroatoms. The highest BCUT2D eigenvalue weighted by atomic mass is 32.1. The van der Waals surface area contributed by atoms with Crippen LogP contribution >= 0.6 is 11.3 Å². The van der Waals surface area contributed by atoms with E-state index in [0.29, 0.717) is 21.9 Å². The molecule has 0 bridgehead atoms. The highest BCUT2D eigenvalue weighted by Gasteiger charge is 2.13. The largest absolute Gasteiger partial charge is 0.465 e.